The third-order valence-corrected chi connectivity index (χ3v) is 6.43. The molecule has 2 heterocycles. The molecule has 1 fully saturated rings. The zero-order chi connectivity index (χ0) is 25.8. The van der Waals surface area contributed by atoms with Crippen LogP contribution in [0.2, 0.25) is 5.02 Å². The standard InChI is InChI=1S/C26H33ClN4O4/c1-6-16(12-15-8-7-11-28-23(15)32)29-25(34)20(14-26(2,3)4)31-24(33)19-13-17-18(30-19)9-10-21(35-5)22(17)27/h1,9-10,13,15-16,20,30H,7-8,11-12,14H2,2-5H3,(H,28,32)(H,29,34)(H,31,33)/t15-,16+,20-/m0/s1. The highest BCUT2D eigenvalue weighted by atomic mass is 35.5. The van der Waals surface area contributed by atoms with Crippen molar-refractivity contribution >= 4 is 40.2 Å². The van der Waals surface area contributed by atoms with Gasteiger partial charge >= 0.3 is 0 Å². The monoisotopic (exact) mass is 500 g/mol. The SMILES string of the molecule is C#C[C@H](C[C@@H]1CCCNC1=O)NC(=O)[C@H](CC(C)(C)C)NC(=O)c1cc2c(Cl)c(OC)ccc2[nH]1. The first-order valence-corrected chi connectivity index (χ1v) is 12.1. The molecule has 3 atom stereocenters. The van der Waals surface area contributed by atoms with Crippen LogP contribution in [-0.2, 0) is 9.59 Å². The average molecular weight is 501 g/mol. The van der Waals surface area contributed by atoms with Crippen molar-refractivity contribution in [2.24, 2.45) is 11.3 Å². The molecule has 1 aliphatic rings. The maximum atomic E-state index is 13.2. The summed E-state index contributed by atoms with van der Waals surface area (Å²) in [5, 5.41) is 9.56. The van der Waals surface area contributed by atoms with E-state index in [4.69, 9.17) is 22.8 Å². The molecule has 1 aliphatic heterocycles. The number of halogens is 1. The van der Waals surface area contributed by atoms with Crippen LogP contribution in [-0.4, -0.2) is 48.4 Å². The number of benzene rings is 1. The molecule has 0 saturated carbocycles. The van der Waals surface area contributed by atoms with Gasteiger partial charge in [0.25, 0.3) is 5.91 Å². The van der Waals surface area contributed by atoms with Crippen molar-refractivity contribution in [1.29, 1.82) is 0 Å². The van der Waals surface area contributed by atoms with Crippen LogP contribution in [0.3, 0.4) is 0 Å². The second-order valence-electron chi connectivity index (χ2n) is 10.1. The number of aromatic amines is 1. The minimum atomic E-state index is -0.824. The Hall–Kier alpha value is -3.18. The Bertz CT molecular complexity index is 1140. The number of H-pyrrole nitrogens is 1. The lowest BCUT2D eigenvalue weighted by Crippen LogP contribution is -2.51. The second kappa shape index (κ2) is 11.0. The first kappa shape index (κ1) is 26.4. The molecule has 188 valence electrons. The van der Waals surface area contributed by atoms with Gasteiger partial charge in [-0.25, -0.2) is 0 Å². The number of fused-ring (bicyclic) bond motifs is 1. The maximum Gasteiger partial charge on any atom is 0.268 e. The summed E-state index contributed by atoms with van der Waals surface area (Å²) in [5.41, 5.74) is 0.701. The van der Waals surface area contributed by atoms with Crippen molar-refractivity contribution in [1.82, 2.24) is 20.9 Å². The van der Waals surface area contributed by atoms with E-state index in [-0.39, 0.29) is 28.8 Å². The van der Waals surface area contributed by atoms with Crippen LogP contribution in [0, 0.1) is 23.7 Å². The van der Waals surface area contributed by atoms with E-state index in [0.717, 1.165) is 12.8 Å². The van der Waals surface area contributed by atoms with E-state index < -0.39 is 18.0 Å². The minimum absolute atomic E-state index is 0.0422. The Balaban J connectivity index is 1.75. The summed E-state index contributed by atoms with van der Waals surface area (Å²) in [5.74, 6) is 1.97. The number of ether oxygens (including phenoxy) is 1. The lowest BCUT2D eigenvalue weighted by atomic mass is 9.87. The molecule has 0 bridgehead atoms. The van der Waals surface area contributed by atoms with E-state index in [1.54, 1.807) is 18.2 Å². The summed E-state index contributed by atoms with van der Waals surface area (Å²) in [4.78, 5) is 41.5. The van der Waals surface area contributed by atoms with Gasteiger partial charge in [-0.15, -0.1) is 6.42 Å². The van der Waals surface area contributed by atoms with Gasteiger partial charge in [0.15, 0.2) is 0 Å². The molecule has 1 aromatic carbocycles. The minimum Gasteiger partial charge on any atom is -0.495 e. The Morgan fingerprint density at radius 1 is 1.31 bits per heavy atom. The molecule has 9 heteroatoms. The van der Waals surface area contributed by atoms with E-state index in [1.165, 1.54) is 7.11 Å². The molecule has 0 aliphatic carbocycles. The number of methoxy groups -OCH3 is 1. The fraction of sp³-hybridized carbons (Fsp3) is 0.500. The first-order chi connectivity index (χ1) is 16.5. The number of hydrogen-bond acceptors (Lipinski definition) is 4. The lowest BCUT2D eigenvalue weighted by molar-refractivity contribution is -0.128. The molecule has 0 radical (unpaired) electrons. The molecule has 8 nitrogen and oxygen atoms in total. The van der Waals surface area contributed by atoms with E-state index in [0.29, 0.717) is 41.1 Å². The molecule has 3 amide bonds. The summed E-state index contributed by atoms with van der Waals surface area (Å²) < 4.78 is 5.24. The highest BCUT2D eigenvalue weighted by Gasteiger charge is 2.31. The smallest absolute Gasteiger partial charge is 0.268 e. The van der Waals surface area contributed by atoms with Crippen molar-refractivity contribution in [2.45, 2.75) is 58.5 Å². The maximum absolute atomic E-state index is 13.2. The first-order valence-electron chi connectivity index (χ1n) is 11.7. The number of piperidine rings is 1. The average Bonchev–Trinajstić information content (AvgIpc) is 3.24. The van der Waals surface area contributed by atoms with Gasteiger partial charge in [0, 0.05) is 23.4 Å². The number of amides is 3. The van der Waals surface area contributed by atoms with Crippen molar-refractivity contribution in [3.05, 3.63) is 28.9 Å². The van der Waals surface area contributed by atoms with Gasteiger partial charge < -0.3 is 25.7 Å². The van der Waals surface area contributed by atoms with Gasteiger partial charge in [-0.05, 0) is 49.3 Å². The third-order valence-electron chi connectivity index (χ3n) is 6.04. The van der Waals surface area contributed by atoms with Crippen LogP contribution >= 0.6 is 11.6 Å². The summed E-state index contributed by atoms with van der Waals surface area (Å²) in [6.45, 7) is 6.62. The molecule has 3 rings (SSSR count). The summed E-state index contributed by atoms with van der Waals surface area (Å²) in [7, 11) is 1.52. The van der Waals surface area contributed by atoms with Gasteiger partial charge in [-0.2, -0.15) is 0 Å². The van der Waals surface area contributed by atoms with Crippen LogP contribution in [0.1, 0.15) is 56.9 Å². The Morgan fingerprint density at radius 2 is 2.06 bits per heavy atom. The van der Waals surface area contributed by atoms with Gasteiger partial charge in [0.05, 0.1) is 18.2 Å². The van der Waals surface area contributed by atoms with Crippen LogP contribution in [0.15, 0.2) is 18.2 Å². The fourth-order valence-electron chi connectivity index (χ4n) is 4.27. The molecular weight excluding hydrogens is 468 g/mol. The van der Waals surface area contributed by atoms with E-state index in [1.807, 2.05) is 20.8 Å². The van der Waals surface area contributed by atoms with E-state index in [9.17, 15) is 14.4 Å². The van der Waals surface area contributed by atoms with Crippen LogP contribution in [0.25, 0.3) is 10.9 Å². The normalized spacial score (nSPS) is 17.7. The Kier molecular flexibility index (Phi) is 8.34. The van der Waals surface area contributed by atoms with Crippen molar-refractivity contribution in [2.75, 3.05) is 13.7 Å². The zero-order valence-corrected chi connectivity index (χ0v) is 21.3. The largest absolute Gasteiger partial charge is 0.495 e. The second-order valence-corrected chi connectivity index (χ2v) is 10.5. The number of carbonyl (C=O) groups excluding carboxylic acids is 3. The topological polar surface area (TPSA) is 112 Å². The summed E-state index contributed by atoms with van der Waals surface area (Å²) in [6.07, 6.45) is 8.03. The van der Waals surface area contributed by atoms with Crippen molar-refractivity contribution in [3.63, 3.8) is 0 Å². The molecule has 1 saturated heterocycles. The van der Waals surface area contributed by atoms with Gasteiger partial charge in [0.1, 0.15) is 17.5 Å². The summed E-state index contributed by atoms with van der Waals surface area (Å²) >= 11 is 6.38. The lowest BCUT2D eigenvalue weighted by Gasteiger charge is -2.28. The Labute approximate surface area is 210 Å². The van der Waals surface area contributed by atoms with E-state index in [2.05, 4.69) is 26.9 Å². The molecule has 1 aromatic heterocycles. The van der Waals surface area contributed by atoms with Crippen LogP contribution < -0.4 is 20.7 Å². The highest BCUT2D eigenvalue weighted by Crippen LogP contribution is 2.33. The number of nitrogens with one attached hydrogen (secondary N) is 4. The van der Waals surface area contributed by atoms with Gasteiger partial charge in [-0.3, -0.25) is 14.4 Å². The van der Waals surface area contributed by atoms with Crippen molar-refractivity contribution < 1.29 is 19.1 Å². The van der Waals surface area contributed by atoms with Crippen molar-refractivity contribution in [3.8, 4) is 18.1 Å². The molecule has 0 spiro atoms. The summed E-state index contributed by atoms with van der Waals surface area (Å²) in [6, 6.07) is 3.68. The number of aromatic nitrogens is 1. The Morgan fingerprint density at radius 3 is 2.69 bits per heavy atom. The number of terminal acetylenes is 1. The predicted octanol–water partition coefficient (Wildman–Crippen LogP) is 3.40. The molecule has 0 unspecified atom stereocenters. The van der Waals surface area contributed by atoms with E-state index >= 15 is 0 Å². The fourth-order valence-corrected chi connectivity index (χ4v) is 4.57. The number of hydrogen-bond donors (Lipinski definition) is 4. The third kappa shape index (κ3) is 6.70. The zero-order valence-electron chi connectivity index (χ0n) is 20.6. The predicted molar refractivity (Wildman–Crippen MR) is 136 cm³/mol. The molecule has 35 heavy (non-hydrogen) atoms. The highest BCUT2D eigenvalue weighted by molar-refractivity contribution is 6.37. The molecule has 2 aromatic rings. The van der Waals surface area contributed by atoms with Gasteiger partial charge in [-0.1, -0.05) is 38.3 Å². The number of carbonyl (C=O) groups is 3. The quantitative estimate of drug-likeness (QED) is 0.416. The van der Waals surface area contributed by atoms with Crippen LogP contribution in [0.4, 0.5) is 0 Å². The molecule has 4 N–H and O–H groups in total. The number of rotatable bonds is 8. The van der Waals surface area contributed by atoms with Crippen LogP contribution in [0.5, 0.6) is 5.75 Å². The van der Waals surface area contributed by atoms with Gasteiger partial charge in [0.2, 0.25) is 11.8 Å². The molecular formula is C26H33ClN4O4.